The summed E-state index contributed by atoms with van der Waals surface area (Å²) in [5.41, 5.74) is 2.40. The highest BCUT2D eigenvalue weighted by Crippen LogP contribution is 2.27. The second kappa shape index (κ2) is 13.5. The molecule has 0 radical (unpaired) electrons. The second-order valence-corrected chi connectivity index (χ2v) is 11.9. The van der Waals surface area contributed by atoms with Gasteiger partial charge in [0.05, 0.1) is 18.7 Å². The van der Waals surface area contributed by atoms with Gasteiger partial charge in [0.15, 0.2) is 0 Å². The van der Waals surface area contributed by atoms with E-state index in [1.165, 1.54) is 40.5 Å². The average molecular weight is 605 g/mol. The predicted octanol–water partition coefficient (Wildman–Crippen LogP) is 5.12. The highest BCUT2D eigenvalue weighted by atomic mass is 32.1. The summed E-state index contributed by atoms with van der Waals surface area (Å²) in [7, 11) is 1.63. The number of halogens is 2. The molecule has 4 aromatic rings. The Hall–Kier alpha value is -3.99. The van der Waals surface area contributed by atoms with Crippen molar-refractivity contribution in [2.24, 2.45) is 0 Å². The van der Waals surface area contributed by atoms with Crippen LogP contribution >= 0.6 is 11.3 Å². The first kappa shape index (κ1) is 30.5. The fourth-order valence-electron chi connectivity index (χ4n) is 5.39. The van der Waals surface area contributed by atoms with Gasteiger partial charge < -0.3 is 20.6 Å². The number of benzene rings is 3. The van der Waals surface area contributed by atoms with Gasteiger partial charge >= 0.3 is 0 Å². The first-order valence-corrected chi connectivity index (χ1v) is 15.1. The number of carbonyl (C=O) groups excluding carboxylic acids is 2. The normalized spacial score (nSPS) is 16.1. The molecule has 1 aliphatic rings. The van der Waals surface area contributed by atoms with E-state index in [4.69, 9.17) is 0 Å². The molecule has 3 aromatic carbocycles. The van der Waals surface area contributed by atoms with Crippen molar-refractivity contribution < 1.29 is 23.5 Å². The number of aromatic nitrogens is 1. The third-order valence-electron chi connectivity index (χ3n) is 7.61. The maximum atomic E-state index is 14.9. The molecular weight excluding hydrogens is 570 g/mol. The largest absolute Gasteiger partial charge is 0.389 e. The SMILES string of the molecule is Cc1csc(CN(C)C(=O)c2cc(C(=O)N[C@H](Cc3ccccc3)[C@H](O)[C@@H]3CCCN3)cc(-c3ccc(F)cc3F)c2)n1. The van der Waals surface area contributed by atoms with Gasteiger partial charge in [-0.15, -0.1) is 11.3 Å². The number of carbonyl (C=O) groups is 2. The molecular formula is C33H34F2N4O3S. The Labute approximate surface area is 253 Å². The molecule has 10 heteroatoms. The Kier molecular flexibility index (Phi) is 9.59. The van der Waals surface area contributed by atoms with Crippen molar-refractivity contribution >= 4 is 23.2 Å². The summed E-state index contributed by atoms with van der Waals surface area (Å²) in [5.74, 6) is -2.45. The van der Waals surface area contributed by atoms with Crippen molar-refractivity contribution in [3.05, 3.63) is 111 Å². The minimum absolute atomic E-state index is 0.0549. The van der Waals surface area contributed by atoms with Gasteiger partial charge in [0.25, 0.3) is 11.8 Å². The lowest BCUT2D eigenvalue weighted by atomic mass is 9.94. The van der Waals surface area contributed by atoms with Crippen LogP contribution in [0.5, 0.6) is 0 Å². The molecule has 7 nitrogen and oxygen atoms in total. The first-order chi connectivity index (χ1) is 20.7. The predicted molar refractivity (Wildman–Crippen MR) is 163 cm³/mol. The van der Waals surface area contributed by atoms with Gasteiger partial charge in [-0.1, -0.05) is 30.3 Å². The summed E-state index contributed by atoms with van der Waals surface area (Å²) in [6.07, 6.45) is 1.24. The summed E-state index contributed by atoms with van der Waals surface area (Å²) < 4.78 is 28.6. The molecule has 43 heavy (non-hydrogen) atoms. The quantitative estimate of drug-likeness (QED) is 0.234. The molecule has 2 heterocycles. The molecule has 0 aliphatic carbocycles. The highest BCUT2D eigenvalue weighted by Gasteiger charge is 2.31. The zero-order valence-corrected chi connectivity index (χ0v) is 24.8. The lowest BCUT2D eigenvalue weighted by Crippen LogP contribution is -2.52. The fourth-order valence-corrected chi connectivity index (χ4v) is 6.22. The van der Waals surface area contributed by atoms with E-state index in [1.807, 2.05) is 42.6 Å². The van der Waals surface area contributed by atoms with Crippen LogP contribution < -0.4 is 10.6 Å². The third kappa shape index (κ3) is 7.51. The van der Waals surface area contributed by atoms with Gasteiger partial charge in [0.2, 0.25) is 0 Å². The van der Waals surface area contributed by atoms with Crippen molar-refractivity contribution in [2.45, 2.75) is 50.9 Å². The number of aliphatic hydroxyl groups excluding tert-OH is 1. The summed E-state index contributed by atoms with van der Waals surface area (Å²) in [5, 5.41) is 20.2. The van der Waals surface area contributed by atoms with Crippen LogP contribution in [0.3, 0.4) is 0 Å². The van der Waals surface area contributed by atoms with E-state index >= 15 is 0 Å². The number of thiazole rings is 1. The van der Waals surface area contributed by atoms with Gasteiger partial charge in [0.1, 0.15) is 16.6 Å². The number of hydrogen-bond acceptors (Lipinski definition) is 6. The first-order valence-electron chi connectivity index (χ1n) is 14.2. The standard InChI is InChI=1S/C33H34F2N4O3S/c1-20-19-43-30(37-20)18-39(2)33(42)24-15-22(26-11-10-25(34)17-27(26)35)14-23(16-24)32(41)38-29(13-21-7-4-3-5-8-21)31(40)28-9-6-12-36-28/h3-5,7-8,10-11,14-17,19,28-29,31,36,40H,6,9,12-13,18H2,1-2H3,(H,38,41)/t28-,29+,31+/m0/s1. The molecule has 1 aliphatic heterocycles. The summed E-state index contributed by atoms with van der Waals surface area (Å²) in [4.78, 5) is 33.3. The third-order valence-corrected chi connectivity index (χ3v) is 8.56. The molecule has 224 valence electrons. The van der Waals surface area contributed by atoms with E-state index in [1.54, 1.807) is 7.05 Å². The Morgan fingerprint density at radius 3 is 2.56 bits per heavy atom. The molecule has 2 amide bonds. The van der Waals surface area contributed by atoms with Crippen LogP contribution in [0.1, 0.15) is 49.8 Å². The molecule has 0 bridgehead atoms. The lowest BCUT2D eigenvalue weighted by molar-refractivity contribution is 0.0737. The van der Waals surface area contributed by atoms with Gasteiger partial charge in [-0.25, -0.2) is 13.8 Å². The van der Waals surface area contributed by atoms with Crippen LogP contribution in [-0.2, 0) is 13.0 Å². The van der Waals surface area contributed by atoms with Gasteiger partial charge in [-0.3, -0.25) is 9.59 Å². The molecule has 1 aromatic heterocycles. The summed E-state index contributed by atoms with van der Waals surface area (Å²) in [6, 6.07) is 16.4. The van der Waals surface area contributed by atoms with E-state index in [0.717, 1.165) is 47.8 Å². The Morgan fingerprint density at radius 1 is 1.12 bits per heavy atom. The van der Waals surface area contributed by atoms with Crippen molar-refractivity contribution in [1.29, 1.82) is 0 Å². The van der Waals surface area contributed by atoms with Gasteiger partial charge in [0, 0.05) is 46.9 Å². The van der Waals surface area contributed by atoms with E-state index in [-0.39, 0.29) is 40.7 Å². The maximum Gasteiger partial charge on any atom is 0.254 e. The van der Waals surface area contributed by atoms with E-state index < -0.39 is 29.7 Å². The number of aryl methyl sites for hydroxylation is 1. The zero-order valence-electron chi connectivity index (χ0n) is 24.0. The minimum Gasteiger partial charge on any atom is -0.389 e. The van der Waals surface area contributed by atoms with E-state index in [9.17, 15) is 23.5 Å². The number of aliphatic hydroxyl groups is 1. The summed E-state index contributed by atoms with van der Waals surface area (Å²) in [6.45, 7) is 2.92. The maximum absolute atomic E-state index is 14.9. The van der Waals surface area contributed by atoms with Crippen LogP contribution in [0, 0.1) is 18.6 Å². The van der Waals surface area contributed by atoms with Crippen molar-refractivity contribution in [1.82, 2.24) is 20.5 Å². The van der Waals surface area contributed by atoms with E-state index in [2.05, 4.69) is 15.6 Å². The van der Waals surface area contributed by atoms with Crippen LogP contribution in [-0.4, -0.2) is 58.6 Å². The topological polar surface area (TPSA) is 94.6 Å². The molecule has 3 atom stereocenters. The number of nitrogens with zero attached hydrogens (tertiary/aromatic N) is 2. The molecule has 5 rings (SSSR count). The smallest absolute Gasteiger partial charge is 0.254 e. The van der Waals surface area contributed by atoms with Crippen LogP contribution in [0.25, 0.3) is 11.1 Å². The molecule has 0 spiro atoms. The van der Waals surface area contributed by atoms with E-state index in [0.29, 0.717) is 6.42 Å². The summed E-state index contributed by atoms with van der Waals surface area (Å²) >= 11 is 1.44. The van der Waals surface area contributed by atoms with Gasteiger partial charge in [-0.2, -0.15) is 0 Å². The Morgan fingerprint density at radius 2 is 1.88 bits per heavy atom. The Bertz CT molecular complexity index is 1590. The number of nitrogens with one attached hydrogen (secondary N) is 2. The zero-order chi connectivity index (χ0) is 30.5. The number of hydrogen-bond donors (Lipinski definition) is 3. The second-order valence-electron chi connectivity index (χ2n) is 10.9. The molecule has 3 N–H and O–H groups in total. The van der Waals surface area contributed by atoms with Gasteiger partial charge in [-0.05, 0) is 74.2 Å². The molecule has 0 saturated carbocycles. The van der Waals surface area contributed by atoms with Crippen LogP contribution in [0.15, 0.2) is 72.1 Å². The molecule has 0 unspecified atom stereocenters. The fraction of sp³-hybridized carbons (Fsp3) is 0.303. The van der Waals surface area contributed by atoms with Crippen LogP contribution in [0.4, 0.5) is 8.78 Å². The average Bonchev–Trinajstić information content (AvgIpc) is 3.68. The van der Waals surface area contributed by atoms with Crippen molar-refractivity contribution in [3.8, 4) is 11.1 Å². The highest BCUT2D eigenvalue weighted by molar-refractivity contribution is 7.09. The number of amides is 2. The minimum atomic E-state index is -0.863. The monoisotopic (exact) mass is 604 g/mol. The Balaban J connectivity index is 1.48. The molecule has 1 fully saturated rings. The van der Waals surface area contributed by atoms with Crippen LogP contribution in [0.2, 0.25) is 0 Å². The lowest BCUT2D eigenvalue weighted by Gasteiger charge is -2.29. The molecule has 1 saturated heterocycles. The van der Waals surface area contributed by atoms with Crippen molar-refractivity contribution in [3.63, 3.8) is 0 Å². The van der Waals surface area contributed by atoms with Crippen molar-refractivity contribution in [2.75, 3.05) is 13.6 Å². The number of rotatable bonds is 10.